The van der Waals surface area contributed by atoms with E-state index >= 15 is 0 Å². The van der Waals surface area contributed by atoms with Crippen LogP contribution in [0.15, 0.2) is 71.6 Å². The van der Waals surface area contributed by atoms with Gasteiger partial charge in [0.25, 0.3) is 10.1 Å². The minimum atomic E-state index is -4.35. The van der Waals surface area contributed by atoms with Gasteiger partial charge in [0.15, 0.2) is 0 Å². The second kappa shape index (κ2) is 7.96. The van der Waals surface area contributed by atoms with E-state index in [1.807, 2.05) is 36.4 Å². The smallest absolute Gasteiger partial charge is 0.284 e. The molecule has 0 amide bonds. The maximum absolute atomic E-state index is 11.8. The van der Waals surface area contributed by atoms with Crippen molar-refractivity contribution in [3.05, 3.63) is 94.5 Å². The highest BCUT2D eigenvalue weighted by molar-refractivity contribution is 7.92. The molecule has 0 fully saturated rings. The van der Waals surface area contributed by atoms with Crippen molar-refractivity contribution in [2.24, 2.45) is 0 Å². The van der Waals surface area contributed by atoms with Crippen molar-refractivity contribution in [1.82, 2.24) is 0 Å². The van der Waals surface area contributed by atoms with Gasteiger partial charge in [-0.3, -0.25) is 9.27 Å². The molecule has 31 heavy (non-hydrogen) atoms. The van der Waals surface area contributed by atoms with Crippen LogP contribution in [0.3, 0.4) is 0 Å². The van der Waals surface area contributed by atoms with Crippen molar-refractivity contribution < 1.29 is 21.4 Å². The van der Waals surface area contributed by atoms with Crippen LogP contribution in [0.25, 0.3) is 11.6 Å². The van der Waals surface area contributed by atoms with E-state index < -0.39 is 20.1 Å². The minimum Gasteiger partial charge on any atom is -0.284 e. The number of fused-ring (bicyclic) bond motifs is 2. The van der Waals surface area contributed by atoms with Crippen LogP contribution >= 0.6 is 0 Å². The molecule has 3 aromatic carbocycles. The third-order valence-electron chi connectivity index (χ3n) is 5.14. The normalized spacial score (nSPS) is 15.1. The van der Waals surface area contributed by atoms with Crippen LogP contribution in [-0.4, -0.2) is 27.6 Å². The predicted octanol–water partition coefficient (Wildman–Crippen LogP) is 3.99. The van der Waals surface area contributed by atoms with E-state index in [0.717, 1.165) is 52.5 Å². The number of anilines is 1. The first-order chi connectivity index (χ1) is 14.6. The summed E-state index contributed by atoms with van der Waals surface area (Å²) >= 11 is 0. The number of nitrogens with one attached hydrogen (secondary N) is 1. The van der Waals surface area contributed by atoms with Crippen molar-refractivity contribution in [1.29, 1.82) is 0 Å². The van der Waals surface area contributed by atoms with Gasteiger partial charge in [0.2, 0.25) is 10.0 Å². The van der Waals surface area contributed by atoms with Gasteiger partial charge in [0.05, 0.1) is 11.2 Å². The largest absolute Gasteiger partial charge is 0.294 e. The molecule has 0 heterocycles. The number of hydrogen-bond donors (Lipinski definition) is 2. The Bertz CT molecular complexity index is 1410. The van der Waals surface area contributed by atoms with Crippen LogP contribution < -0.4 is 4.72 Å². The number of benzene rings is 3. The summed E-state index contributed by atoms with van der Waals surface area (Å²) in [6.07, 6.45) is 4.52. The summed E-state index contributed by atoms with van der Waals surface area (Å²) in [7, 11) is -7.77. The lowest BCUT2D eigenvalue weighted by atomic mass is 9.92. The van der Waals surface area contributed by atoms with E-state index in [0.29, 0.717) is 5.69 Å². The highest BCUT2D eigenvalue weighted by Crippen LogP contribution is 2.36. The number of aryl methyl sites for hydroxylation is 2. The molecule has 0 saturated carbocycles. The zero-order chi connectivity index (χ0) is 22.2. The Hall–Kier alpha value is -2.94. The zero-order valence-electron chi connectivity index (χ0n) is 16.7. The van der Waals surface area contributed by atoms with Gasteiger partial charge in [-0.05, 0) is 76.6 Å². The van der Waals surface area contributed by atoms with Crippen LogP contribution in [0, 0.1) is 0 Å². The minimum absolute atomic E-state index is 0.163. The van der Waals surface area contributed by atoms with E-state index in [1.165, 1.54) is 12.1 Å². The molecule has 1 aliphatic rings. The summed E-state index contributed by atoms with van der Waals surface area (Å²) < 4.78 is 58.8. The van der Waals surface area contributed by atoms with Gasteiger partial charge in [-0.1, -0.05) is 42.5 Å². The van der Waals surface area contributed by atoms with Crippen LogP contribution in [-0.2, 0) is 33.0 Å². The van der Waals surface area contributed by atoms with Crippen LogP contribution in [0.5, 0.6) is 0 Å². The summed E-state index contributed by atoms with van der Waals surface area (Å²) in [5.74, 6) is 0. The van der Waals surface area contributed by atoms with E-state index in [2.05, 4.69) is 4.72 Å². The molecule has 0 aromatic heterocycles. The lowest BCUT2D eigenvalue weighted by Gasteiger charge is -2.14. The topological polar surface area (TPSA) is 101 Å². The molecule has 4 rings (SSSR count). The number of rotatable bonds is 4. The fraction of sp³-hybridized carbons (Fsp3) is 0.130. The third kappa shape index (κ3) is 4.87. The van der Waals surface area contributed by atoms with Crippen LogP contribution in [0.4, 0.5) is 5.69 Å². The molecule has 0 saturated heterocycles. The number of sulfonamides is 1. The Morgan fingerprint density at radius 3 is 2.26 bits per heavy atom. The predicted molar refractivity (Wildman–Crippen MR) is 122 cm³/mol. The molecule has 0 spiro atoms. The molecule has 0 unspecified atom stereocenters. The van der Waals surface area contributed by atoms with Crippen molar-refractivity contribution in [3.8, 4) is 0 Å². The van der Waals surface area contributed by atoms with Gasteiger partial charge in [-0.15, -0.1) is 0 Å². The molecule has 0 atom stereocenters. The molecular formula is C23H21NO5S2. The molecule has 1 aliphatic carbocycles. The Morgan fingerprint density at radius 1 is 0.839 bits per heavy atom. The van der Waals surface area contributed by atoms with Crippen LogP contribution in [0.2, 0.25) is 0 Å². The molecule has 2 N–H and O–H groups in total. The summed E-state index contributed by atoms with van der Waals surface area (Å²) in [6, 6.07) is 19.5. The maximum Gasteiger partial charge on any atom is 0.294 e. The van der Waals surface area contributed by atoms with Crippen molar-refractivity contribution in [3.63, 3.8) is 0 Å². The van der Waals surface area contributed by atoms with Gasteiger partial charge < -0.3 is 0 Å². The lowest BCUT2D eigenvalue weighted by Crippen LogP contribution is -2.09. The van der Waals surface area contributed by atoms with E-state index in [-0.39, 0.29) is 4.90 Å². The van der Waals surface area contributed by atoms with Gasteiger partial charge in [0, 0.05) is 5.69 Å². The maximum atomic E-state index is 11.8. The quantitative estimate of drug-likeness (QED) is 0.580. The van der Waals surface area contributed by atoms with Crippen LogP contribution in [0.1, 0.15) is 27.8 Å². The zero-order valence-corrected chi connectivity index (χ0v) is 18.4. The fourth-order valence-electron chi connectivity index (χ4n) is 3.83. The van der Waals surface area contributed by atoms with E-state index in [9.17, 15) is 21.4 Å². The highest BCUT2D eigenvalue weighted by Gasteiger charge is 2.21. The highest BCUT2D eigenvalue weighted by atomic mass is 32.2. The average Bonchev–Trinajstić information content (AvgIpc) is 2.83. The molecule has 0 bridgehead atoms. The molecular weight excluding hydrogens is 434 g/mol. The molecule has 0 aliphatic heterocycles. The Kier molecular flexibility index (Phi) is 5.47. The summed E-state index contributed by atoms with van der Waals surface area (Å²) in [4.78, 5) is -0.163. The SMILES string of the molecule is CS(=O)(=O)Nc1cccc(C=C2c3ccccc3CCc3ccc(S(=O)(=O)O)cc32)c1. The van der Waals surface area contributed by atoms with Crippen molar-refractivity contribution in [2.45, 2.75) is 17.7 Å². The van der Waals surface area contributed by atoms with Gasteiger partial charge in [-0.25, -0.2) is 8.42 Å². The van der Waals surface area contributed by atoms with Crippen molar-refractivity contribution >= 4 is 37.5 Å². The molecule has 6 nitrogen and oxygen atoms in total. The first-order valence-corrected chi connectivity index (χ1v) is 12.9. The second-order valence-electron chi connectivity index (χ2n) is 7.51. The number of hydrogen-bond acceptors (Lipinski definition) is 4. The first kappa shape index (κ1) is 21.3. The summed E-state index contributed by atoms with van der Waals surface area (Å²) in [5.41, 5.74) is 5.79. The van der Waals surface area contributed by atoms with E-state index in [1.54, 1.807) is 24.3 Å². The monoisotopic (exact) mass is 455 g/mol. The first-order valence-electron chi connectivity index (χ1n) is 9.59. The molecule has 0 radical (unpaired) electrons. The third-order valence-corrected chi connectivity index (χ3v) is 6.60. The van der Waals surface area contributed by atoms with Crippen molar-refractivity contribution in [2.75, 3.05) is 11.0 Å². The van der Waals surface area contributed by atoms with Gasteiger partial charge >= 0.3 is 0 Å². The standard InChI is InChI=1S/C23H21NO5S2/c1-30(25,26)24-19-7-4-5-16(13-19)14-23-21-8-3-2-6-17(21)9-10-18-11-12-20(15-22(18)23)31(27,28)29/h2-8,11-15,24H,9-10H2,1H3,(H,27,28,29). The van der Waals surface area contributed by atoms with Gasteiger partial charge in [-0.2, -0.15) is 8.42 Å². The van der Waals surface area contributed by atoms with E-state index in [4.69, 9.17) is 0 Å². The molecule has 160 valence electrons. The summed E-state index contributed by atoms with van der Waals surface area (Å²) in [5, 5.41) is 0. The molecule has 3 aromatic rings. The summed E-state index contributed by atoms with van der Waals surface area (Å²) in [6.45, 7) is 0. The Labute approximate surface area is 182 Å². The Morgan fingerprint density at radius 2 is 1.55 bits per heavy atom. The average molecular weight is 456 g/mol. The Balaban J connectivity index is 1.93. The molecule has 8 heteroatoms. The fourth-order valence-corrected chi connectivity index (χ4v) is 4.89. The second-order valence-corrected chi connectivity index (χ2v) is 10.7. The lowest BCUT2D eigenvalue weighted by molar-refractivity contribution is 0.483. The van der Waals surface area contributed by atoms with Gasteiger partial charge in [0.1, 0.15) is 0 Å².